The highest BCUT2D eigenvalue weighted by atomic mass is 32.2. The summed E-state index contributed by atoms with van der Waals surface area (Å²) in [5.74, 6) is -2.06. The number of benzene rings is 1. The van der Waals surface area contributed by atoms with Crippen LogP contribution in [0, 0.1) is 0 Å². The second-order valence-corrected chi connectivity index (χ2v) is 14.4. The summed E-state index contributed by atoms with van der Waals surface area (Å²) in [6, 6.07) is 8.14. The lowest BCUT2D eigenvalue weighted by atomic mass is 9.94. The minimum absolute atomic E-state index is 0.0476. The number of anilines is 1. The molecular weight excluding hydrogens is 686 g/mol. The molecule has 2 aromatic heterocycles. The fourth-order valence-corrected chi connectivity index (χ4v) is 5.50. The van der Waals surface area contributed by atoms with Gasteiger partial charge in [0.1, 0.15) is 5.60 Å². The Kier molecular flexibility index (Phi) is 12.5. The summed E-state index contributed by atoms with van der Waals surface area (Å²) in [5.41, 5.74) is -7.44. The van der Waals surface area contributed by atoms with E-state index in [0.29, 0.717) is 37.5 Å². The van der Waals surface area contributed by atoms with Crippen LogP contribution in [0.25, 0.3) is 11.6 Å². The average Bonchev–Trinajstić information content (AvgIpc) is 3.44. The topological polar surface area (TPSA) is 154 Å². The summed E-state index contributed by atoms with van der Waals surface area (Å²) in [4.78, 5) is 16.2. The van der Waals surface area contributed by atoms with E-state index in [-0.39, 0.29) is 12.5 Å². The van der Waals surface area contributed by atoms with Gasteiger partial charge in [0.25, 0.3) is 11.8 Å². The van der Waals surface area contributed by atoms with Gasteiger partial charge in [0.2, 0.25) is 5.60 Å². The predicted octanol–water partition coefficient (Wildman–Crippen LogP) is 7.60. The number of carbonyl (C=O) groups excluding carboxylic acids is 1. The Morgan fingerprint density at radius 1 is 1.00 bits per heavy atom. The van der Waals surface area contributed by atoms with Crippen LogP contribution < -0.4 is 5.32 Å². The lowest BCUT2D eigenvalue weighted by molar-refractivity contribution is -0.300. The largest absolute Gasteiger partial charge is 0.444 e. The number of halogens is 6. The first kappa shape index (κ1) is 39.7. The van der Waals surface area contributed by atoms with Crippen LogP contribution in [-0.2, 0) is 37.7 Å². The average molecular weight is 725 g/mol. The number of hydrogen-bond acceptors (Lipinski definition) is 10. The molecular formula is C31H38F6N4O7S. The molecule has 3 rings (SSSR count). The van der Waals surface area contributed by atoms with Gasteiger partial charge in [-0.3, -0.25) is 5.32 Å². The van der Waals surface area contributed by atoms with Crippen molar-refractivity contribution in [2.75, 3.05) is 11.6 Å². The Balaban J connectivity index is 2.18. The number of nitrogens with one attached hydrogen (secondary N) is 1. The van der Waals surface area contributed by atoms with Crippen molar-refractivity contribution in [2.24, 2.45) is 0 Å². The third-order valence-electron chi connectivity index (χ3n) is 6.94. The fourth-order valence-electron chi connectivity index (χ4n) is 4.67. The van der Waals surface area contributed by atoms with Gasteiger partial charge in [-0.25, -0.2) is 18.2 Å². The van der Waals surface area contributed by atoms with Gasteiger partial charge >= 0.3 is 18.4 Å². The van der Waals surface area contributed by atoms with Crippen LogP contribution in [-0.4, -0.2) is 58.9 Å². The van der Waals surface area contributed by atoms with Crippen molar-refractivity contribution in [1.29, 1.82) is 0 Å². The standard InChI is InChI=1S/C31H38F6N4O7S/c1-19(42)13-9-6-7-12-16-29(31(35,36)37,46-18-20-14-10-8-11-15-20)26-41-40-24(47-26)23-22(38-27(43)48-28(2,3)4)17-21(30(32,33)34)25(39-23)49(5,44)45/h8,10-11,14-15,17,19,42H,6-7,9,12-13,16,18H2,1-5H3,(H,38,43)/t19-,29-/m1/s1. The lowest BCUT2D eigenvalue weighted by Gasteiger charge is -2.32. The van der Waals surface area contributed by atoms with Gasteiger partial charge < -0.3 is 19.0 Å². The first-order chi connectivity index (χ1) is 22.5. The predicted molar refractivity (Wildman–Crippen MR) is 164 cm³/mol. The van der Waals surface area contributed by atoms with Gasteiger partial charge in [-0.1, -0.05) is 49.6 Å². The maximum absolute atomic E-state index is 15.1. The fraction of sp³-hybridized carbons (Fsp3) is 0.548. The van der Waals surface area contributed by atoms with Crippen molar-refractivity contribution in [1.82, 2.24) is 15.2 Å². The molecule has 0 fully saturated rings. The number of unbranched alkanes of at least 4 members (excludes halogenated alkanes) is 3. The Hall–Kier alpha value is -3.77. The number of amides is 1. The van der Waals surface area contributed by atoms with Crippen LogP contribution in [0.3, 0.4) is 0 Å². The van der Waals surface area contributed by atoms with Crippen molar-refractivity contribution >= 4 is 21.6 Å². The molecule has 0 aliphatic rings. The maximum Gasteiger partial charge on any atom is 0.426 e. The summed E-state index contributed by atoms with van der Waals surface area (Å²) in [7, 11) is -4.72. The molecule has 0 unspecified atom stereocenters. The van der Waals surface area contributed by atoms with E-state index in [4.69, 9.17) is 13.9 Å². The first-order valence-electron chi connectivity index (χ1n) is 15.1. The Morgan fingerprint density at radius 3 is 2.18 bits per heavy atom. The van der Waals surface area contributed by atoms with E-state index in [2.05, 4.69) is 15.2 Å². The first-order valence-corrected chi connectivity index (χ1v) is 17.0. The number of aromatic nitrogens is 3. The number of pyridine rings is 1. The monoisotopic (exact) mass is 724 g/mol. The van der Waals surface area contributed by atoms with Gasteiger partial charge in [0, 0.05) is 6.26 Å². The van der Waals surface area contributed by atoms with Crippen LogP contribution in [0.4, 0.5) is 36.8 Å². The number of aliphatic hydroxyl groups is 1. The van der Waals surface area contributed by atoms with E-state index in [9.17, 15) is 31.5 Å². The third kappa shape index (κ3) is 10.9. The van der Waals surface area contributed by atoms with Crippen LogP contribution in [0.15, 0.2) is 45.8 Å². The number of ether oxygens (including phenoxy) is 2. The van der Waals surface area contributed by atoms with Crippen LogP contribution in [0.1, 0.15) is 83.2 Å². The molecule has 2 N–H and O–H groups in total. The van der Waals surface area contributed by atoms with Crippen LogP contribution in [0.5, 0.6) is 0 Å². The minimum atomic E-state index is -5.29. The van der Waals surface area contributed by atoms with Gasteiger partial charge in [0.15, 0.2) is 20.6 Å². The second-order valence-electron chi connectivity index (χ2n) is 12.4. The highest BCUT2D eigenvalue weighted by molar-refractivity contribution is 7.90. The molecule has 0 saturated carbocycles. The summed E-state index contributed by atoms with van der Waals surface area (Å²) in [6.07, 6.45) is -10.8. The number of rotatable bonds is 14. The second kappa shape index (κ2) is 15.4. The molecule has 2 heterocycles. The molecule has 11 nitrogen and oxygen atoms in total. The van der Waals surface area contributed by atoms with Crippen molar-refractivity contribution in [3.05, 3.63) is 53.4 Å². The molecule has 3 aromatic rings. The third-order valence-corrected chi connectivity index (χ3v) is 7.95. The SMILES string of the molecule is C[C@@H](O)CCCCCC[C@@](OCc1ccccc1)(c1nnc(-c2nc(S(C)(=O)=O)c(C(F)(F)F)cc2NC(=O)OC(C)(C)C)o1)C(F)(F)F. The zero-order valence-corrected chi connectivity index (χ0v) is 28.2. The highest BCUT2D eigenvalue weighted by Gasteiger charge is 2.61. The van der Waals surface area contributed by atoms with Gasteiger partial charge in [-0.2, -0.15) is 26.3 Å². The van der Waals surface area contributed by atoms with Crippen LogP contribution >= 0.6 is 0 Å². The molecule has 1 aromatic carbocycles. The highest BCUT2D eigenvalue weighted by Crippen LogP contribution is 2.47. The molecule has 2 atom stereocenters. The van der Waals surface area contributed by atoms with E-state index in [1.807, 2.05) is 5.32 Å². The molecule has 1 amide bonds. The molecule has 18 heteroatoms. The molecule has 0 bridgehead atoms. The molecule has 0 radical (unpaired) electrons. The number of nitrogens with zero attached hydrogens (tertiary/aromatic N) is 3. The molecule has 0 aliphatic carbocycles. The molecule has 0 saturated heterocycles. The maximum atomic E-state index is 15.1. The number of carbonyl (C=O) groups is 1. The van der Waals surface area contributed by atoms with E-state index in [1.54, 1.807) is 25.1 Å². The van der Waals surface area contributed by atoms with Crippen molar-refractivity contribution < 1.29 is 58.6 Å². The Morgan fingerprint density at radius 2 is 1.63 bits per heavy atom. The molecule has 272 valence electrons. The van der Waals surface area contributed by atoms with Crippen molar-refractivity contribution in [3.8, 4) is 11.6 Å². The summed E-state index contributed by atoms with van der Waals surface area (Å²) >= 11 is 0. The van der Waals surface area contributed by atoms with Crippen LogP contribution in [0.2, 0.25) is 0 Å². The smallest absolute Gasteiger partial charge is 0.426 e. The molecule has 0 aliphatic heterocycles. The number of hydrogen-bond donors (Lipinski definition) is 2. The minimum Gasteiger partial charge on any atom is -0.444 e. The number of alkyl halides is 6. The van der Waals surface area contributed by atoms with Crippen molar-refractivity contribution in [2.45, 2.75) is 108 Å². The quantitative estimate of drug-likeness (QED) is 0.126. The van der Waals surface area contributed by atoms with Crippen molar-refractivity contribution in [3.63, 3.8) is 0 Å². The van der Waals surface area contributed by atoms with E-state index >= 15 is 13.2 Å². The Labute approximate surface area is 279 Å². The lowest BCUT2D eigenvalue weighted by Crippen LogP contribution is -2.45. The van der Waals surface area contributed by atoms with E-state index in [0.717, 1.165) is 0 Å². The van der Waals surface area contributed by atoms with E-state index < -0.39 is 92.4 Å². The van der Waals surface area contributed by atoms with Gasteiger partial charge in [-0.15, -0.1) is 10.2 Å². The normalized spacial score (nSPS) is 14.7. The summed E-state index contributed by atoms with van der Waals surface area (Å²) < 4.78 is 128. The van der Waals surface area contributed by atoms with Gasteiger partial charge in [-0.05, 0) is 58.6 Å². The Bertz CT molecular complexity index is 1670. The number of sulfone groups is 1. The molecule has 0 spiro atoms. The zero-order valence-electron chi connectivity index (χ0n) is 27.4. The zero-order chi connectivity index (χ0) is 36.8. The van der Waals surface area contributed by atoms with E-state index in [1.165, 1.54) is 32.9 Å². The van der Waals surface area contributed by atoms with Gasteiger partial charge in [0.05, 0.1) is 24.0 Å². The summed E-state index contributed by atoms with van der Waals surface area (Å²) in [5, 5.41) is 17.2. The molecule has 49 heavy (non-hydrogen) atoms. The number of aliphatic hydroxyl groups excluding tert-OH is 1. The summed E-state index contributed by atoms with van der Waals surface area (Å²) in [6.45, 7) is 5.43.